The van der Waals surface area contributed by atoms with Gasteiger partial charge in [0, 0.05) is 25.7 Å². The lowest BCUT2D eigenvalue weighted by Crippen LogP contribution is -2.42. The Morgan fingerprint density at radius 3 is 2.33 bits per heavy atom. The topological polar surface area (TPSA) is 77.0 Å². The maximum Gasteiger partial charge on any atom is 0.407 e. The highest BCUT2D eigenvalue weighted by Gasteiger charge is 2.28. The summed E-state index contributed by atoms with van der Waals surface area (Å²) < 4.78 is 15.5. The molecule has 126 valence electrons. The maximum atomic E-state index is 11.7. The third-order valence-corrected chi connectivity index (χ3v) is 3.30. The number of carbonyl (C=O) groups excluding carboxylic acids is 1. The summed E-state index contributed by atoms with van der Waals surface area (Å²) in [5, 5.41) is 12.4. The molecule has 1 unspecified atom stereocenters. The summed E-state index contributed by atoms with van der Waals surface area (Å²) in [6, 6.07) is 0. The van der Waals surface area contributed by atoms with Crippen molar-refractivity contribution >= 4 is 6.09 Å². The van der Waals surface area contributed by atoms with Crippen molar-refractivity contribution in [1.82, 2.24) is 5.32 Å². The Morgan fingerprint density at radius 2 is 1.86 bits per heavy atom. The summed E-state index contributed by atoms with van der Waals surface area (Å²) in [7, 11) is 1.62. The minimum absolute atomic E-state index is 0.00701. The molecule has 21 heavy (non-hydrogen) atoms. The van der Waals surface area contributed by atoms with E-state index in [1.807, 2.05) is 27.7 Å². The summed E-state index contributed by atoms with van der Waals surface area (Å²) in [6.07, 6.45) is 0.945. The molecule has 0 aromatic heterocycles. The van der Waals surface area contributed by atoms with Crippen molar-refractivity contribution in [2.45, 2.75) is 46.1 Å². The second-order valence-corrected chi connectivity index (χ2v) is 6.22. The summed E-state index contributed by atoms with van der Waals surface area (Å²) in [5.74, 6) is 0. The van der Waals surface area contributed by atoms with Crippen LogP contribution in [0.3, 0.4) is 0 Å². The minimum atomic E-state index is -0.526. The van der Waals surface area contributed by atoms with Crippen LogP contribution in [0.4, 0.5) is 4.79 Å². The molecule has 0 aliphatic heterocycles. The highest BCUT2D eigenvalue weighted by Crippen LogP contribution is 2.25. The zero-order valence-electron chi connectivity index (χ0n) is 14.0. The summed E-state index contributed by atoms with van der Waals surface area (Å²) >= 11 is 0. The molecular formula is C15H31NO5. The molecule has 0 aliphatic rings. The van der Waals surface area contributed by atoms with Crippen LogP contribution in [0.5, 0.6) is 0 Å². The fraction of sp³-hybridized carbons (Fsp3) is 0.933. The number of carbonyl (C=O) groups is 1. The molecular weight excluding hydrogens is 274 g/mol. The number of alkyl carbamates (subject to hydrolysis) is 1. The molecule has 6 heteroatoms. The average Bonchev–Trinajstić information content (AvgIpc) is 2.40. The van der Waals surface area contributed by atoms with Crippen LogP contribution in [0, 0.1) is 5.41 Å². The third kappa shape index (κ3) is 9.66. The molecule has 6 nitrogen and oxygen atoms in total. The smallest absolute Gasteiger partial charge is 0.407 e. The van der Waals surface area contributed by atoms with E-state index in [1.165, 1.54) is 0 Å². The normalized spacial score (nSPS) is 14.6. The molecule has 0 fully saturated rings. The predicted molar refractivity (Wildman–Crippen MR) is 81.4 cm³/mol. The quantitative estimate of drug-likeness (QED) is 0.603. The maximum absolute atomic E-state index is 11.7. The fourth-order valence-electron chi connectivity index (χ4n) is 1.74. The first-order valence-electron chi connectivity index (χ1n) is 7.43. The van der Waals surface area contributed by atoms with Gasteiger partial charge in [0.25, 0.3) is 0 Å². The molecule has 0 rings (SSSR count). The molecule has 0 heterocycles. The fourth-order valence-corrected chi connectivity index (χ4v) is 1.74. The number of hydrogen-bond acceptors (Lipinski definition) is 5. The van der Waals surface area contributed by atoms with Crippen LogP contribution in [-0.2, 0) is 14.2 Å². The van der Waals surface area contributed by atoms with Gasteiger partial charge in [-0.25, -0.2) is 4.79 Å². The number of aliphatic hydroxyl groups excluding tert-OH is 1. The van der Waals surface area contributed by atoms with Gasteiger partial charge in [0.1, 0.15) is 5.60 Å². The van der Waals surface area contributed by atoms with Crippen LogP contribution in [0.2, 0.25) is 0 Å². The lowest BCUT2D eigenvalue weighted by molar-refractivity contribution is 0.0251. The molecule has 0 aromatic carbocycles. The van der Waals surface area contributed by atoms with E-state index >= 15 is 0 Å². The van der Waals surface area contributed by atoms with Gasteiger partial charge in [-0.1, -0.05) is 6.92 Å². The van der Waals surface area contributed by atoms with E-state index in [4.69, 9.17) is 14.2 Å². The van der Waals surface area contributed by atoms with Crippen molar-refractivity contribution in [3.63, 3.8) is 0 Å². The highest BCUT2D eigenvalue weighted by atomic mass is 16.6. The monoisotopic (exact) mass is 305 g/mol. The van der Waals surface area contributed by atoms with Crippen molar-refractivity contribution in [1.29, 1.82) is 0 Å². The van der Waals surface area contributed by atoms with Gasteiger partial charge in [0.2, 0.25) is 0 Å². The highest BCUT2D eigenvalue weighted by molar-refractivity contribution is 5.67. The van der Waals surface area contributed by atoms with Gasteiger partial charge in [-0.15, -0.1) is 0 Å². The lowest BCUT2D eigenvalue weighted by atomic mass is 9.83. The number of methoxy groups -OCH3 is 1. The van der Waals surface area contributed by atoms with Crippen molar-refractivity contribution < 1.29 is 24.1 Å². The molecule has 1 atom stereocenters. The second-order valence-electron chi connectivity index (χ2n) is 6.22. The Labute approximate surface area is 128 Å². The van der Waals surface area contributed by atoms with E-state index in [9.17, 15) is 9.90 Å². The first-order chi connectivity index (χ1) is 9.78. The number of aliphatic hydroxyl groups is 1. The second kappa shape index (κ2) is 9.97. The lowest BCUT2D eigenvalue weighted by Gasteiger charge is -2.31. The van der Waals surface area contributed by atoms with Gasteiger partial charge in [0.15, 0.2) is 0 Å². The Bertz CT molecular complexity index is 284. The van der Waals surface area contributed by atoms with E-state index in [2.05, 4.69) is 5.32 Å². The number of ether oxygens (including phenoxy) is 3. The number of amides is 1. The van der Waals surface area contributed by atoms with Crippen molar-refractivity contribution in [3.8, 4) is 0 Å². The summed E-state index contributed by atoms with van der Waals surface area (Å²) in [6.45, 7) is 9.39. The average molecular weight is 305 g/mol. The van der Waals surface area contributed by atoms with Crippen LogP contribution in [0.15, 0.2) is 0 Å². The van der Waals surface area contributed by atoms with Gasteiger partial charge >= 0.3 is 6.09 Å². The van der Waals surface area contributed by atoms with E-state index in [-0.39, 0.29) is 12.0 Å². The molecule has 0 saturated heterocycles. The molecule has 2 N–H and O–H groups in total. The summed E-state index contributed by atoms with van der Waals surface area (Å²) in [5.41, 5.74) is -0.911. The van der Waals surface area contributed by atoms with E-state index in [0.717, 1.165) is 6.42 Å². The Balaban J connectivity index is 4.23. The van der Waals surface area contributed by atoms with Crippen molar-refractivity contribution in [3.05, 3.63) is 0 Å². The zero-order valence-corrected chi connectivity index (χ0v) is 14.0. The van der Waals surface area contributed by atoms with Crippen LogP contribution in [0.1, 0.15) is 40.5 Å². The number of nitrogens with one attached hydrogen (secondary N) is 1. The van der Waals surface area contributed by atoms with Crippen molar-refractivity contribution in [2.75, 3.05) is 40.1 Å². The van der Waals surface area contributed by atoms with E-state index in [1.54, 1.807) is 7.11 Å². The third-order valence-electron chi connectivity index (χ3n) is 3.30. The van der Waals surface area contributed by atoms with Gasteiger partial charge in [-0.2, -0.15) is 0 Å². The first kappa shape index (κ1) is 20.1. The van der Waals surface area contributed by atoms with E-state index < -0.39 is 11.7 Å². The first-order valence-corrected chi connectivity index (χ1v) is 7.43. The van der Waals surface area contributed by atoms with Crippen molar-refractivity contribution in [2.24, 2.45) is 5.41 Å². The molecule has 0 spiro atoms. The SMILES string of the molecule is CCC(CO)(CCOCCOC)CNC(=O)OC(C)(C)C. The number of hydrogen-bond donors (Lipinski definition) is 2. The van der Waals surface area contributed by atoms with Crippen LogP contribution in [-0.4, -0.2) is 56.9 Å². The summed E-state index contributed by atoms with van der Waals surface area (Å²) in [4.78, 5) is 11.7. The van der Waals surface area contributed by atoms with Crippen LogP contribution in [0.25, 0.3) is 0 Å². The molecule has 0 saturated carbocycles. The molecule has 0 aliphatic carbocycles. The zero-order chi connectivity index (χ0) is 16.4. The minimum Gasteiger partial charge on any atom is -0.444 e. The molecule has 1 amide bonds. The Hall–Kier alpha value is -0.850. The van der Waals surface area contributed by atoms with Crippen LogP contribution < -0.4 is 5.32 Å². The van der Waals surface area contributed by atoms with Gasteiger partial charge < -0.3 is 24.6 Å². The molecule has 0 radical (unpaired) electrons. The van der Waals surface area contributed by atoms with Crippen LogP contribution >= 0.6 is 0 Å². The Kier molecular flexibility index (Phi) is 9.57. The Morgan fingerprint density at radius 1 is 1.19 bits per heavy atom. The standard InChI is InChI=1S/C15H31NO5/c1-6-15(12-17,7-8-20-10-9-19-5)11-16-13(18)21-14(2,3)4/h17H,6-12H2,1-5H3,(H,16,18). The molecule has 0 aromatic rings. The van der Waals surface area contributed by atoms with Gasteiger partial charge in [-0.05, 0) is 33.6 Å². The largest absolute Gasteiger partial charge is 0.444 e. The van der Waals surface area contributed by atoms with Gasteiger partial charge in [-0.3, -0.25) is 0 Å². The number of rotatable bonds is 10. The molecule has 0 bridgehead atoms. The predicted octanol–water partition coefficient (Wildman–Crippen LogP) is 1.95. The van der Waals surface area contributed by atoms with E-state index in [0.29, 0.717) is 32.8 Å². The van der Waals surface area contributed by atoms with Gasteiger partial charge in [0.05, 0.1) is 19.8 Å².